The number of para-hydroxylation sites is 1. The molecule has 1 aliphatic heterocycles. The Labute approximate surface area is 142 Å². The Hall–Kier alpha value is -2.88. The third-order valence-electron chi connectivity index (χ3n) is 4.00. The molecule has 0 fully saturated rings. The molecule has 4 heteroatoms. The van der Waals surface area contributed by atoms with Gasteiger partial charge < -0.3 is 11.1 Å². The summed E-state index contributed by atoms with van der Waals surface area (Å²) in [4.78, 5) is 8.96. The number of benzene rings is 1. The highest BCUT2D eigenvalue weighted by molar-refractivity contribution is 5.73. The number of anilines is 3. The van der Waals surface area contributed by atoms with Crippen LogP contribution >= 0.6 is 0 Å². The molecule has 0 amide bonds. The van der Waals surface area contributed by atoms with E-state index in [0.29, 0.717) is 12.1 Å². The first-order chi connectivity index (χ1) is 11.6. The van der Waals surface area contributed by atoms with Gasteiger partial charge in [-0.3, -0.25) is 9.98 Å². The van der Waals surface area contributed by atoms with Crippen molar-refractivity contribution in [2.45, 2.75) is 26.7 Å². The van der Waals surface area contributed by atoms with Gasteiger partial charge in [0.2, 0.25) is 0 Å². The molecule has 2 heterocycles. The number of nitrogens with one attached hydrogen (secondary N) is 1. The van der Waals surface area contributed by atoms with Gasteiger partial charge in [-0.05, 0) is 37.6 Å². The van der Waals surface area contributed by atoms with Crippen LogP contribution in [-0.2, 0) is 6.42 Å². The molecule has 1 aromatic heterocycles. The van der Waals surface area contributed by atoms with E-state index in [9.17, 15) is 0 Å². The van der Waals surface area contributed by atoms with Gasteiger partial charge in [-0.2, -0.15) is 0 Å². The van der Waals surface area contributed by atoms with Crippen molar-refractivity contribution in [3.8, 4) is 0 Å². The number of hydrogen-bond acceptors (Lipinski definition) is 4. The highest BCUT2D eigenvalue weighted by atomic mass is 14.9. The molecule has 1 aromatic carbocycles. The van der Waals surface area contributed by atoms with Crippen molar-refractivity contribution in [3.63, 3.8) is 0 Å². The maximum atomic E-state index is 6.08. The van der Waals surface area contributed by atoms with Crippen LogP contribution in [0, 0.1) is 6.92 Å². The smallest absolute Gasteiger partial charge is 0.0740 e. The van der Waals surface area contributed by atoms with Gasteiger partial charge in [-0.1, -0.05) is 29.8 Å². The van der Waals surface area contributed by atoms with Gasteiger partial charge in [0.05, 0.1) is 17.6 Å². The highest BCUT2D eigenvalue weighted by Gasteiger charge is 2.07. The van der Waals surface area contributed by atoms with Crippen molar-refractivity contribution >= 4 is 23.3 Å². The van der Waals surface area contributed by atoms with E-state index in [1.165, 1.54) is 11.1 Å². The lowest BCUT2D eigenvalue weighted by molar-refractivity contribution is 1.03. The van der Waals surface area contributed by atoms with Gasteiger partial charge in [0.1, 0.15) is 0 Å². The Bertz CT molecular complexity index is 831. The van der Waals surface area contributed by atoms with E-state index in [2.05, 4.69) is 47.4 Å². The lowest BCUT2D eigenvalue weighted by Gasteiger charge is -2.13. The van der Waals surface area contributed by atoms with Crippen molar-refractivity contribution in [1.29, 1.82) is 0 Å². The fourth-order valence-corrected chi connectivity index (χ4v) is 2.52. The molecule has 0 radical (unpaired) electrons. The van der Waals surface area contributed by atoms with Crippen molar-refractivity contribution in [2.75, 3.05) is 11.1 Å². The predicted molar refractivity (Wildman–Crippen MR) is 102 cm³/mol. The van der Waals surface area contributed by atoms with Crippen LogP contribution in [0.5, 0.6) is 0 Å². The van der Waals surface area contributed by atoms with Gasteiger partial charge >= 0.3 is 0 Å². The van der Waals surface area contributed by atoms with Crippen LogP contribution in [0.1, 0.15) is 24.6 Å². The van der Waals surface area contributed by atoms with Crippen LogP contribution in [0.4, 0.5) is 17.1 Å². The summed E-state index contributed by atoms with van der Waals surface area (Å²) in [5, 5.41) is 3.40. The zero-order chi connectivity index (χ0) is 16.9. The van der Waals surface area contributed by atoms with Crippen LogP contribution in [0.3, 0.4) is 0 Å². The second kappa shape index (κ2) is 7.13. The van der Waals surface area contributed by atoms with E-state index < -0.39 is 0 Å². The number of aryl methyl sites for hydroxylation is 1. The fraction of sp³-hybridized carbons (Fsp3) is 0.200. The molecule has 0 bridgehead atoms. The third kappa shape index (κ3) is 3.90. The largest absolute Gasteiger partial charge is 0.396 e. The highest BCUT2D eigenvalue weighted by Crippen LogP contribution is 2.26. The second-order valence-corrected chi connectivity index (χ2v) is 6.07. The Balaban J connectivity index is 1.83. The molecule has 0 spiro atoms. The van der Waals surface area contributed by atoms with Crippen LogP contribution in [0.15, 0.2) is 64.9 Å². The Morgan fingerprint density at radius 2 is 1.96 bits per heavy atom. The summed E-state index contributed by atoms with van der Waals surface area (Å²) in [7, 11) is 0. The van der Waals surface area contributed by atoms with Crippen molar-refractivity contribution in [1.82, 2.24) is 4.98 Å². The van der Waals surface area contributed by atoms with Gasteiger partial charge in [-0.15, -0.1) is 0 Å². The predicted octanol–water partition coefficient (Wildman–Crippen LogP) is 4.56. The number of nitrogens with zero attached hydrogens (tertiary/aromatic N) is 2. The van der Waals surface area contributed by atoms with E-state index in [4.69, 9.17) is 5.73 Å². The summed E-state index contributed by atoms with van der Waals surface area (Å²) < 4.78 is 0. The molecular weight excluding hydrogens is 296 g/mol. The molecule has 4 nitrogen and oxygen atoms in total. The first-order valence-corrected chi connectivity index (χ1v) is 8.08. The Kier molecular flexibility index (Phi) is 4.75. The minimum Gasteiger partial charge on any atom is -0.396 e. The minimum atomic E-state index is 0.635. The maximum absolute atomic E-state index is 6.08. The van der Waals surface area contributed by atoms with Gasteiger partial charge in [0.15, 0.2) is 0 Å². The molecular formula is C20H22N4. The summed E-state index contributed by atoms with van der Waals surface area (Å²) in [6, 6.07) is 10.1. The first kappa shape index (κ1) is 16.0. The topological polar surface area (TPSA) is 63.3 Å². The average molecular weight is 318 g/mol. The van der Waals surface area contributed by atoms with Crippen LogP contribution in [-0.4, -0.2) is 11.2 Å². The monoisotopic (exact) mass is 318 g/mol. The fourth-order valence-electron chi connectivity index (χ4n) is 2.52. The SMILES string of the molecule is CC1=CC=C(Cc2cc(Nc3ccccc3C)c(N)cn2)N=CC1. The van der Waals surface area contributed by atoms with Crippen molar-refractivity contribution in [3.05, 3.63) is 71.2 Å². The molecule has 3 rings (SSSR count). The number of aromatic nitrogens is 1. The number of nitrogens with two attached hydrogens (primary N) is 1. The Morgan fingerprint density at radius 3 is 2.79 bits per heavy atom. The minimum absolute atomic E-state index is 0.635. The molecule has 0 atom stereocenters. The molecule has 0 unspecified atom stereocenters. The molecule has 2 aromatic rings. The number of nitrogen functional groups attached to an aromatic ring is 1. The van der Waals surface area contributed by atoms with E-state index in [-0.39, 0.29) is 0 Å². The van der Waals surface area contributed by atoms with E-state index in [1.54, 1.807) is 6.20 Å². The maximum Gasteiger partial charge on any atom is 0.0740 e. The normalized spacial score (nSPS) is 13.9. The third-order valence-corrected chi connectivity index (χ3v) is 4.00. The van der Waals surface area contributed by atoms with E-state index in [0.717, 1.165) is 29.2 Å². The number of rotatable bonds is 4. The number of aliphatic imine (C=N–C) groups is 1. The zero-order valence-electron chi connectivity index (χ0n) is 14.1. The van der Waals surface area contributed by atoms with E-state index >= 15 is 0 Å². The van der Waals surface area contributed by atoms with Crippen LogP contribution in [0.2, 0.25) is 0 Å². The first-order valence-electron chi connectivity index (χ1n) is 8.08. The Morgan fingerprint density at radius 1 is 1.12 bits per heavy atom. The summed E-state index contributed by atoms with van der Waals surface area (Å²) in [6.45, 7) is 4.18. The summed E-state index contributed by atoms with van der Waals surface area (Å²) in [5.74, 6) is 0. The number of pyridine rings is 1. The molecule has 0 aliphatic carbocycles. The molecule has 122 valence electrons. The average Bonchev–Trinajstić information content (AvgIpc) is 2.77. The number of allylic oxidation sites excluding steroid dienone is 4. The van der Waals surface area contributed by atoms with Gasteiger partial charge in [0.25, 0.3) is 0 Å². The molecule has 1 aliphatic rings. The molecule has 24 heavy (non-hydrogen) atoms. The standard InChI is InChI=1S/C20H22N4/c1-14-7-8-16(22-10-9-14)11-17-12-20(18(21)13-23-17)24-19-6-4-3-5-15(19)2/h3-8,10,12-13H,9,11,21H2,1-2H3,(H,23,24). The number of hydrogen-bond donors (Lipinski definition) is 2. The molecule has 3 N–H and O–H groups in total. The lowest BCUT2D eigenvalue weighted by Crippen LogP contribution is -2.01. The zero-order valence-corrected chi connectivity index (χ0v) is 14.1. The van der Waals surface area contributed by atoms with Crippen molar-refractivity contribution in [2.24, 2.45) is 4.99 Å². The summed E-state index contributed by atoms with van der Waals surface area (Å²) in [5.41, 5.74) is 13.1. The van der Waals surface area contributed by atoms with Gasteiger partial charge in [-0.25, -0.2) is 0 Å². The molecule has 0 saturated heterocycles. The van der Waals surface area contributed by atoms with Crippen LogP contribution < -0.4 is 11.1 Å². The van der Waals surface area contributed by atoms with Gasteiger partial charge in [0, 0.05) is 36.1 Å². The van der Waals surface area contributed by atoms with Crippen LogP contribution in [0.25, 0.3) is 0 Å². The molecule has 0 saturated carbocycles. The summed E-state index contributed by atoms with van der Waals surface area (Å²) >= 11 is 0. The lowest BCUT2D eigenvalue weighted by atomic mass is 10.1. The van der Waals surface area contributed by atoms with E-state index in [1.807, 2.05) is 30.5 Å². The quantitative estimate of drug-likeness (QED) is 0.868. The van der Waals surface area contributed by atoms with Crippen molar-refractivity contribution < 1.29 is 0 Å². The summed E-state index contributed by atoms with van der Waals surface area (Å²) in [6.07, 6.45) is 9.42. The second-order valence-electron chi connectivity index (χ2n) is 6.07.